The quantitative estimate of drug-likeness (QED) is 0.922. The molecular formula is C16H27N5. The summed E-state index contributed by atoms with van der Waals surface area (Å²) in [6.07, 6.45) is 6.19. The van der Waals surface area contributed by atoms with Crippen molar-refractivity contribution in [1.29, 1.82) is 0 Å². The molecule has 5 nitrogen and oxygen atoms in total. The smallest absolute Gasteiger partial charge is 0.137 e. The van der Waals surface area contributed by atoms with Crippen LogP contribution in [0.15, 0.2) is 0 Å². The second kappa shape index (κ2) is 6.18. The Bertz CT molecular complexity index is 496. The molecule has 1 unspecified atom stereocenters. The van der Waals surface area contributed by atoms with E-state index in [9.17, 15) is 0 Å². The number of hydrogen-bond acceptors (Lipinski definition) is 5. The van der Waals surface area contributed by atoms with E-state index < -0.39 is 0 Å². The maximum Gasteiger partial charge on any atom is 0.137 e. The zero-order valence-corrected chi connectivity index (χ0v) is 13.3. The summed E-state index contributed by atoms with van der Waals surface area (Å²) in [6.45, 7) is 8.82. The Hall–Kier alpha value is -1.36. The average Bonchev–Trinajstić information content (AvgIpc) is 3.00. The number of hydrogen-bond donors (Lipinski definition) is 1. The number of aryl methyl sites for hydroxylation is 1. The molecule has 21 heavy (non-hydrogen) atoms. The predicted molar refractivity (Wildman–Crippen MR) is 86.6 cm³/mol. The first kappa shape index (κ1) is 14.6. The van der Waals surface area contributed by atoms with Gasteiger partial charge in [-0.1, -0.05) is 13.3 Å². The summed E-state index contributed by atoms with van der Waals surface area (Å²) in [5.74, 6) is 2.55. The normalized spacial score (nSPS) is 23.7. The zero-order chi connectivity index (χ0) is 14.8. The summed E-state index contributed by atoms with van der Waals surface area (Å²) in [5, 5.41) is 0. The van der Waals surface area contributed by atoms with Gasteiger partial charge in [-0.05, 0) is 39.3 Å². The van der Waals surface area contributed by atoms with Crippen molar-refractivity contribution < 1.29 is 0 Å². The van der Waals surface area contributed by atoms with Gasteiger partial charge in [0.2, 0.25) is 0 Å². The first-order valence-electron chi connectivity index (χ1n) is 8.31. The number of nitrogens with two attached hydrogens (primary N) is 1. The number of anilines is 2. The topological polar surface area (TPSA) is 58.3 Å². The van der Waals surface area contributed by atoms with Gasteiger partial charge in [-0.2, -0.15) is 0 Å². The third-order valence-electron chi connectivity index (χ3n) is 4.89. The summed E-state index contributed by atoms with van der Waals surface area (Å²) in [6, 6.07) is 0.686. The van der Waals surface area contributed by atoms with E-state index in [2.05, 4.69) is 21.7 Å². The van der Waals surface area contributed by atoms with Crippen molar-refractivity contribution in [2.45, 2.75) is 52.0 Å². The third-order valence-corrected chi connectivity index (χ3v) is 4.89. The molecule has 0 spiro atoms. The van der Waals surface area contributed by atoms with Gasteiger partial charge in [-0.25, -0.2) is 9.97 Å². The largest absolute Gasteiger partial charge is 0.383 e. The average molecular weight is 289 g/mol. The Kier molecular flexibility index (Phi) is 4.29. The van der Waals surface area contributed by atoms with Crippen molar-refractivity contribution in [2.24, 2.45) is 0 Å². The molecule has 0 saturated carbocycles. The molecule has 0 radical (unpaired) electrons. The Balaban J connectivity index is 1.75. The van der Waals surface area contributed by atoms with Crippen LogP contribution in [0, 0.1) is 6.92 Å². The molecule has 0 aromatic carbocycles. The lowest BCUT2D eigenvalue weighted by molar-refractivity contribution is 0.174. The molecule has 2 saturated heterocycles. The first-order valence-corrected chi connectivity index (χ1v) is 8.31. The minimum absolute atomic E-state index is 0.637. The Labute approximate surface area is 127 Å². The Morgan fingerprint density at radius 3 is 2.62 bits per heavy atom. The van der Waals surface area contributed by atoms with Crippen LogP contribution in [0.4, 0.5) is 11.6 Å². The van der Waals surface area contributed by atoms with Gasteiger partial charge in [0.15, 0.2) is 0 Å². The summed E-state index contributed by atoms with van der Waals surface area (Å²) in [4.78, 5) is 14.2. The summed E-state index contributed by atoms with van der Waals surface area (Å²) in [7, 11) is 0. The van der Waals surface area contributed by atoms with Crippen molar-refractivity contribution in [3.8, 4) is 0 Å². The van der Waals surface area contributed by atoms with Gasteiger partial charge in [-0.3, -0.25) is 4.90 Å². The summed E-state index contributed by atoms with van der Waals surface area (Å²) in [5.41, 5.74) is 7.09. The highest BCUT2D eigenvalue weighted by Gasteiger charge is 2.30. The van der Waals surface area contributed by atoms with Crippen molar-refractivity contribution in [2.75, 3.05) is 36.8 Å². The molecule has 2 N–H and O–H groups in total. The maximum absolute atomic E-state index is 6.05. The van der Waals surface area contributed by atoms with E-state index in [-0.39, 0.29) is 0 Å². The van der Waals surface area contributed by atoms with Crippen molar-refractivity contribution in [3.05, 3.63) is 11.4 Å². The molecule has 1 aromatic heterocycles. The summed E-state index contributed by atoms with van der Waals surface area (Å²) < 4.78 is 0. The standard InChI is InChI=1S/C16H27N5/c1-3-14-18-15(17)12(2)16(19-14)21-10-7-13(11-21)20-8-5-4-6-9-20/h13H,3-11H2,1-2H3,(H2,17,18,19). The molecule has 0 amide bonds. The molecule has 0 bridgehead atoms. The van der Waals surface area contributed by atoms with Crippen molar-refractivity contribution in [3.63, 3.8) is 0 Å². The fraction of sp³-hybridized carbons (Fsp3) is 0.750. The molecule has 1 atom stereocenters. The second-order valence-corrected chi connectivity index (χ2v) is 6.31. The molecule has 2 fully saturated rings. The van der Waals surface area contributed by atoms with E-state index in [0.29, 0.717) is 11.9 Å². The lowest BCUT2D eigenvalue weighted by atomic mass is 10.1. The SMILES string of the molecule is CCc1nc(N)c(C)c(N2CCC(N3CCCCC3)C2)n1. The lowest BCUT2D eigenvalue weighted by Gasteiger charge is -2.32. The van der Waals surface area contributed by atoms with Crippen LogP contribution in [0.5, 0.6) is 0 Å². The van der Waals surface area contributed by atoms with Gasteiger partial charge in [0.25, 0.3) is 0 Å². The van der Waals surface area contributed by atoms with Crippen molar-refractivity contribution in [1.82, 2.24) is 14.9 Å². The van der Waals surface area contributed by atoms with Gasteiger partial charge in [0.05, 0.1) is 0 Å². The highest BCUT2D eigenvalue weighted by molar-refractivity contribution is 5.57. The minimum atomic E-state index is 0.637. The molecule has 3 heterocycles. The number of nitrogen functional groups attached to an aromatic ring is 1. The lowest BCUT2D eigenvalue weighted by Crippen LogP contribution is -2.41. The second-order valence-electron chi connectivity index (χ2n) is 6.31. The van der Waals surface area contributed by atoms with Crippen LogP contribution >= 0.6 is 0 Å². The van der Waals surface area contributed by atoms with E-state index >= 15 is 0 Å². The van der Waals surface area contributed by atoms with Gasteiger partial charge < -0.3 is 10.6 Å². The van der Waals surface area contributed by atoms with Crippen LogP contribution in [0.3, 0.4) is 0 Å². The molecule has 5 heteroatoms. The summed E-state index contributed by atoms with van der Waals surface area (Å²) >= 11 is 0. The van der Waals surface area contributed by atoms with Gasteiger partial charge in [0, 0.05) is 31.1 Å². The molecule has 1 aromatic rings. The van der Waals surface area contributed by atoms with E-state index in [0.717, 1.165) is 36.7 Å². The van der Waals surface area contributed by atoms with Gasteiger partial charge >= 0.3 is 0 Å². The molecule has 0 aliphatic carbocycles. The fourth-order valence-electron chi connectivity index (χ4n) is 3.55. The third kappa shape index (κ3) is 2.98. The molecule has 3 rings (SSSR count). The molecule has 2 aliphatic heterocycles. The van der Waals surface area contributed by atoms with Crippen molar-refractivity contribution >= 4 is 11.6 Å². The van der Waals surface area contributed by atoms with E-state index in [1.54, 1.807) is 0 Å². The number of nitrogens with zero attached hydrogens (tertiary/aromatic N) is 4. The number of aromatic nitrogens is 2. The first-order chi connectivity index (χ1) is 10.2. The zero-order valence-electron chi connectivity index (χ0n) is 13.3. The predicted octanol–water partition coefficient (Wildman–Crippen LogP) is 1.99. The van der Waals surface area contributed by atoms with Crippen LogP contribution < -0.4 is 10.6 Å². The van der Waals surface area contributed by atoms with Crippen LogP contribution in [-0.4, -0.2) is 47.1 Å². The van der Waals surface area contributed by atoms with E-state index in [1.165, 1.54) is 38.8 Å². The Morgan fingerprint density at radius 2 is 1.90 bits per heavy atom. The molecular weight excluding hydrogens is 262 g/mol. The van der Waals surface area contributed by atoms with Gasteiger partial charge in [0.1, 0.15) is 17.5 Å². The fourth-order valence-corrected chi connectivity index (χ4v) is 3.55. The molecule has 2 aliphatic rings. The number of piperidine rings is 1. The van der Waals surface area contributed by atoms with Crippen LogP contribution in [-0.2, 0) is 6.42 Å². The highest BCUT2D eigenvalue weighted by atomic mass is 15.3. The minimum Gasteiger partial charge on any atom is -0.383 e. The Morgan fingerprint density at radius 1 is 1.14 bits per heavy atom. The van der Waals surface area contributed by atoms with Crippen LogP contribution in [0.2, 0.25) is 0 Å². The van der Waals surface area contributed by atoms with Crippen LogP contribution in [0.25, 0.3) is 0 Å². The number of likely N-dealkylation sites (tertiary alicyclic amines) is 1. The van der Waals surface area contributed by atoms with Crippen LogP contribution in [0.1, 0.15) is 44.0 Å². The van der Waals surface area contributed by atoms with E-state index in [1.807, 2.05) is 6.92 Å². The van der Waals surface area contributed by atoms with E-state index in [4.69, 9.17) is 10.7 Å². The molecule has 116 valence electrons. The monoisotopic (exact) mass is 289 g/mol. The van der Waals surface area contributed by atoms with Gasteiger partial charge in [-0.15, -0.1) is 0 Å². The number of rotatable bonds is 3. The maximum atomic E-state index is 6.05. The highest BCUT2D eigenvalue weighted by Crippen LogP contribution is 2.28.